The van der Waals surface area contributed by atoms with Gasteiger partial charge >= 0.3 is 0 Å². The van der Waals surface area contributed by atoms with Gasteiger partial charge < -0.3 is 15.0 Å². The van der Waals surface area contributed by atoms with Gasteiger partial charge in [-0.15, -0.1) is 0 Å². The van der Waals surface area contributed by atoms with Gasteiger partial charge in [-0.1, -0.05) is 25.1 Å². The van der Waals surface area contributed by atoms with Crippen LogP contribution in [0.15, 0.2) is 41.3 Å². The van der Waals surface area contributed by atoms with Gasteiger partial charge in [0.05, 0.1) is 13.2 Å². The number of methoxy groups -OCH3 is 1. The standard InChI is InChI=1S/C17H20N2O3/c1-4-14(12-7-5-6-8-16(12)22-3)19-17(21)13-10-18-11(2)9-15(13)20/h5-10,14H,4H2,1-3H3,(H,18,20)(H,19,21)/t14-/m1/s1. The highest BCUT2D eigenvalue weighted by molar-refractivity contribution is 5.94. The van der Waals surface area contributed by atoms with Crippen LogP contribution in [0.1, 0.15) is 41.0 Å². The van der Waals surface area contributed by atoms with Gasteiger partial charge in [-0.05, 0) is 19.4 Å². The van der Waals surface area contributed by atoms with E-state index in [9.17, 15) is 9.59 Å². The van der Waals surface area contributed by atoms with Crippen molar-refractivity contribution in [1.82, 2.24) is 10.3 Å². The first-order chi connectivity index (χ1) is 10.6. The van der Waals surface area contributed by atoms with Crippen LogP contribution in [-0.4, -0.2) is 18.0 Å². The molecular weight excluding hydrogens is 280 g/mol. The highest BCUT2D eigenvalue weighted by Gasteiger charge is 2.19. The first kappa shape index (κ1) is 15.8. The predicted octanol–water partition coefficient (Wildman–Crippen LogP) is 2.57. The maximum Gasteiger partial charge on any atom is 0.257 e. The number of benzene rings is 1. The molecule has 5 heteroatoms. The number of hydrogen-bond donors (Lipinski definition) is 2. The smallest absolute Gasteiger partial charge is 0.257 e. The molecule has 0 fully saturated rings. The van der Waals surface area contributed by atoms with E-state index >= 15 is 0 Å². The SMILES string of the molecule is CC[C@@H](NC(=O)c1c[nH]c(C)cc1=O)c1ccccc1OC. The number of para-hydroxylation sites is 1. The van der Waals surface area contributed by atoms with Crippen molar-refractivity contribution in [1.29, 1.82) is 0 Å². The van der Waals surface area contributed by atoms with Crippen molar-refractivity contribution in [2.75, 3.05) is 7.11 Å². The quantitative estimate of drug-likeness (QED) is 0.891. The van der Waals surface area contributed by atoms with Crippen molar-refractivity contribution in [3.05, 3.63) is 63.6 Å². The molecule has 0 saturated carbocycles. The minimum Gasteiger partial charge on any atom is -0.496 e. The molecular formula is C17H20N2O3. The minimum absolute atomic E-state index is 0.110. The monoisotopic (exact) mass is 300 g/mol. The van der Waals surface area contributed by atoms with Crippen LogP contribution < -0.4 is 15.5 Å². The average Bonchev–Trinajstić information content (AvgIpc) is 2.52. The Hall–Kier alpha value is -2.56. The van der Waals surface area contributed by atoms with E-state index in [1.54, 1.807) is 14.0 Å². The maximum atomic E-state index is 12.3. The molecule has 0 aliphatic heterocycles. The predicted molar refractivity (Wildman–Crippen MR) is 85.3 cm³/mol. The van der Waals surface area contributed by atoms with E-state index in [-0.39, 0.29) is 22.9 Å². The second kappa shape index (κ2) is 6.93. The summed E-state index contributed by atoms with van der Waals surface area (Å²) in [4.78, 5) is 27.1. The largest absolute Gasteiger partial charge is 0.496 e. The molecule has 22 heavy (non-hydrogen) atoms. The van der Waals surface area contributed by atoms with E-state index in [0.717, 1.165) is 11.3 Å². The molecule has 0 radical (unpaired) electrons. The number of aromatic amines is 1. The highest BCUT2D eigenvalue weighted by Crippen LogP contribution is 2.26. The Morgan fingerprint density at radius 3 is 2.73 bits per heavy atom. The van der Waals surface area contributed by atoms with Crippen molar-refractivity contribution in [2.45, 2.75) is 26.3 Å². The molecule has 2 rings (SSSR count). The number of carbonyl (C=O) groups is 1. The lowest BCUT2D eigenvalue weighted by Gasteiger charge is -2.19. The molecule has 0 aliphatic carbocycles. The summed E-state index contributed by atoms with van der Waals surface area (Å²) in [5.74, 6) is 0.325. The Morgan fingerprint density at radius 1 is 1.36 bits per heavy atom. The number of aryl methyl sites for hydroxylation is 1. The van der Waals surface area contributed by atoms with Crippen molar-refractivity contribution >= 4 is 5.91 Å². The molecule has 0 unspecified atom stereocenters. The first-order valence-electron chi connectivity index (χ1n) is 7.20. The van der Waals surface area contributed by atoms with Crippen LogP contribution in [0.4, 0.5) is 0 Å². The Balaban J connectivity index is 2.26. The number of aromatic nitrogens is 1. The molecule has 1 amide bonds. The lowest BCUT2D eigenvalue weighted by Crippen LogP contribution is -2.32. The van der Waals surface area contributed by atoms with Crippen LogP contribution in [0.2, 0.25) is 0 Å². The first-order valence-corrected chi connectivity index (χ1v) is 7.20. The number of hydrogen-bond acceptors (Lipinski definition) is 3. The number of nitrogens with one attached hydrogen (secondary N) is 2. The van der Waals surface area contributed by atoms with Gasteiger partial charge in [0.25, 0.3) is 5.91 Å². The van der Waals surface area contributed by atoms with Gasteiger partial charge in [-0.2, -0.15) is 0 Å². The third-order valence-corrected chi connectivity index (χ3v) is 3.53. The Bertz CT molecular complexity index is 722. The van der Waals surface area contributed by atoms with Crippen LogP contribution in [0.3, 0.4) is 0 Å². The van der Waals surface area contributed by atoms with E-state index in [4.69, 9.17) is 4.74 Å². The molecule has 1 atom stereocenters. The van der Waals surface area contributed by atoms with Gasteiger partial charge in [0.15, 0.2) is 5.43 Å². The molecule has 0 aliphatic rings. The van der Waals surface area contributed by atoms with Gasteiger partial charge in [-0.3, -0.25) is 9.59 Å². The number of pyridine rings is 1. The van der Waals surface area contributed by atoms with E-state index in [1.165, 1.54) is 12.3 Å². The summed E-state index contributed by atoms with van der Waals surface area (Å²) < 4.78 is 5.34. The summed E-state index contributed by atoms with van der Waals surface area (Å²) >= 11 is 0. The molecule has 0 spiro atoms. The molecule has 2 aromatic rings. The van der Waals surface area contributed by atoms with Gasteiger partial charge in [0.1, 0.15) is 11.3 Å². The lowest BCUT2D eigenvalue weighted by molar-refractivity contribution is 0.0933. The minimum atomic E-state index is -0.390. The number of ether oxygens (including phenoxy) is 1. The zero-order valence-electron chi connectivity index (χ0n) is 13.0. The summed E-state index contributed by atoms with van der Waals surface area (Å²) in [5.41, 5.74) is 1.44. The summed E-state index contributed by atoms with van der Waals surface area (Å²) in [6.45, 7) is 3.74. The van der Waals surface area contributed by atoms with Crippen molar-refractivity contribution in [3.8, 4) is 5.75 Å². The second-order valence-electron chi connectivity index (χ2n) is 5.07. The number of carbonyl (C=O) groups excluding carboxylic acids is 1. The number of amides is 1. The van der Waals surface area contributed by atoms with E-state index in [0.29, 0.717) is 12.2 Å². The average molecular weight is 300 g/mol. The van der Waals surface area contributed by atoms with Crippen molar-refractivity contribution in [2.24, 2.45) is 0 Å². The fraction of sp³-hybridized carbons (Fsp3) is 0.294. The third kappa shape index (κ3) is 3.36. The molecule has 1 heterocycles. The maximum absolute atomic E-state index is 12.3. The Morgan fingerprint density at radius 2 is 2.09 bits per heavy atom. The lowest BCUT2D eigenvalue weighted by atomic mass is 10.0. The second-order valence-corrected chi connectivity index (χ2v) is 5.07. The molecule has 1 aromatic carbocycles. The van der Waals surface area contributed by atoms with Crippen LogP contribution in [0, 0.1) is 6.92 Å². The van der Waals surface area contributed by atoms with E-state index < -0.39 is 0 Å². The van der Waals surface area contributed by atoms with Crippen molar-refractivity contribution in [3.63, 3.8) is 0 Å². The van der Waals surface area contributed by atoms with Crippen LogP contribution in [-0.2, 0) is 0 Å². The van der Waals surface area contributed by atoms with Crippen LogP contribution in [0.5, 0.6) is 5.75 Å². The molecule has 2 N–H and O–H groups in total. The van der Waals surface area contributed by atoms with Gasteiger partial charge in [-0.25, -0.2) is 0 Å². The third-order valence-electron chi connectivity index (χ3n) is 3.53. The van der Waals surface area contributed by atoms with E-state index in [1.807, 2.05) is 31.2 Å². The molecule has 1 aromatic heterocycles. The Labute approximate surface area is 129 Å². The highest BCUT2D eigenvalue weighted by atomic mass is 16.5. The number of H-pyrrole nitrogens is 1. The Kier molecular flexibility index (Phi) is 4.99. The molecule has 0 saturated heterocycles. The zero-order chi connectivity index (χ0) is 16.1. The zero-order valence-corrected chi connectivity index (χ0v) is 13.0. The fourth-order valence-corrected chi connectivity index (χ4v) is 2.34. The molecule has 116 valence electrons. The molecule has 5 nitrogen and oxygen atoms in total. The number of rotatable bonds is 5. The summed E-state index contributed by atoms with van der Waals surface area (Å²) in [6.07, 6.45) is 2.14. The molecule has 0 bridgehead atoms. The normalized spacial score (nSPS) is 11.8. The summed E-state index contributed by atoms with van der Waals surface area (Å²) in [5, 5.41) is 2.90. The summed E-state index contributed by atoms with van der Waals surface area (Å²) in [6, 6.07) is 8.73. The topological polar surface area (TPSA) is 71.2 Å². The van der Waals surface area contributed by atoms with Crippen LogP contribution >= 0.6 is 0 Å². The van der Waals surface area contributed by atoms with Gasteiger partial charge in [0, 0.05) is 23.5 Å². The van der Waals surface area contributed by atoms with Crippen LogP contribution in [0.25, 0.3) is 0 Å². The van der Waals surface area contributed by atoms with Gasteiger partial charge in [0.2, 0.25) is 0 Å². The van der Waals surface area contributed by atoms with Crippen molar-refractivity contribution < 1.29 is 9.53 Å². The fourth-order valence-electron chi connectivity index (χ4n) is 2.34. The summed E-state index contributed by atoms with van der Waals surface area (Å²) in [7, 11) is 1.60. The van der Waals surface area contributed by atoms with E-state index in [2.05, 4.69) is 10.3 Å².